The highest BCUT2D eigenvalue weighted by Crippen LogP contribution is 2.47. The Labute approximate surface area is 267 Å². The van der Waals surface area contributed by atoms with Crippen molar-refractivity contribution in [3.8, 4) is 33.4 Å². The molecule has 0 bridgehead atoms. The molecule has 0 saturated carbocycles. The third-order valence-corrected chi connectivity index (χ3v) is 8.63. The van der Waals surface area contributed by atoms with Gasteiger partial charge in [0.25, 0.3) is 0 Å². The zero-order valence-corrected chi connectivity index (χ0v) is 23.5. The van der Waals surface area contributed by atoms with Gasteiger partial charge in [-0.3, -0.25) is 0 Å². The van der Waals surface area contributed by atoms with Gasteiger partial charge < -0.3 is 0 Å². The molecule has 44 heavy (non-hydrogen) atoms. The van der Waals surface area contributed by atoms with Crippen molar-refractivity contribution in [2.24, 2.45) is 0 Å². The van der Waals surface area contributed by atoms with Gasteiger partial charge in [-0.05, 0) is 93.3 Å². The topological polar surface area (TPSA) is 0 Å². The van der Waals surface area contributed by atoms with Crippen molar-refractivity contribution >= 4 is 53.9 Å². The molecule has 0 fully saturated rings. The van der Waals surface area contributed by atoms with Crippen LogP contribution in [0.25, 0.3) is 87.2 Å². The first kappa shape index (κ1) is 18.1. The minimum atomic E-state index is -0.477. The molecule has 0 aliphatic heterocycles. The molecule has 0 unspecified atom stereocenters. The Bertz CT molecular complexity index is 2940. The average Bonchev–Trinajstić information content (AvgIpc) is 3.18. The van der Waals surface area contributed by atoms with Crippen LogP contribution in [0.15, 0.2) is 170 Å². The zero-order chi connectivity index (χ0) is 36.0. The monoisotopic (exact) mass is 564 g/mol. The van der Waals surface area contributed by atoms with Crippen LogP contribution in [0.5, 0.6) is 0 Å². The maximum atomic E-state index is 9.57. The molecule has 0 nitrogen and oxygen atoms in total. The summed E-state index contributed by atoms with van der Waals surface area (Å²) in [4.78, 5) is 0. The minimum absolute atomic E-state index is 0.0245. The molecular formula is C44H28. The van der Waals surface area contributed by atoms with E-state index in [1.807, 2.05) is 103 Å². The fourth-order valence-electron chi connectivity index (χ4n) is 6.80. The molecule has 9 rings (SSSR count). The van der Waals surface area contributed by atoms with Crippen molar-refractivity contribution in [1.29, 1.82) is 0 Å². The van der Waals surface area contributed by atoms with Gasteiger partial charge in [0.15, 0.2) is 0 Å². The predicted octanol–water partition coefficient (Wildman–Crippen LogP) is 12.5. The van der Waals surface area contributed by atoms with E-state index in [1.165, 1.54) is 0 Å². The normalized spacial score (nSPS) is 14.2. The lowest BCUT2D eigenvalue weighted by Crippen LogP contribution is -1.93. The number of hydrogen-bond donors (Lipinski definition) is 0. The first-order valence-corrected chi connectivity index (χ1v) is 14.6. The molecule has 0 spiro atoms. The summed E-state index contributed by atoms with van der Waals surface area (Å²) in [6, 6.07) is 36.7. The fourth-order valence-corrected chi connectivity index (χ4v) is 6.80. The number of rotatable bonds is 3. The molecule has 0 radical (unpaired) electrons. The van der Waals surface area contributed by atoms with Crippen molar-refractivity contribution in [2.45, 2.75) is 0 Å². The van der Waals surface area contributed by atoms with E-state index >= 15 is 0 Å². The van der Waals surface area contributed by atoms with Crippen molar-refractivity contribution in [1.82, 2.24) is 0 Å². The highest BCUT2D eigenvalue weighted by atomic mass is 14.2. The van der Waals surface area contributed by atoms with Gasteiger partial charge in [0.2, 0.25) is 0 Å². The first-order chi connectivity index (χ1) is 25.2. The average molecular weight is 565 g/mol. The van der Waals surface area contributed by atoms with E-state index in [4.69, 9.17) is 5.48 Å². The Morgan fingerprint density at radius 2 is 0.909 bits per heavy atom. The van der Waals surface area contributed by atoms with E-state index in [0.29, 0.717) is 27.6 Å². The SMILES string of the molecule is [2H]c1c([2H])c([2H])c2c(-c3cccc4c5ccccc5c5ccccc5c34)c3c(-c4ccccc4-c4ccccc4)c([2H])c([2H])c([2H])c3c([2H])c2c1[2H]. The molecule has 0 atom stereocenters. The second kappa shape index (κ2) is 9.93. The summed E-state index contributed by atoms with van der Waals surface area (Å²) in [5.41, 5.74) is 3.67. The highest BCUT2D eigenvalue weighted by molar-refractivity contribution is 6.31. The van der Waals surface area contributed by atoms with Gasteiger partial charge in [-0.2, -0.15) is 0 Å². The van der Waals surface area contributed by atoms with Crippen molar-refractivity contribution in [3.63, 3.8) is 0 Å². The summed E-state index contributed by atoms with van der Waals surface area (Å²) in [6.45, 7) is 0. The summed E-state index contributed by atoms with van der Waals surface area (Å²) in [5.74, 6) is 0. The molecule has 0 aromatic heterocycles. The fraction of sp³-hybridized carbons (Fsp3) is 0. The zero-order valence-electron chi connectivity index (χ0n) is 31.5. The predicted molar refractivity (Wildman–Crippen MR) is 190 cm³/mol. The summed E-state index contributed by atoms with van der Waals surface area (Å²) < 4.78 is 73.3. The molecule has 0 heteroatoms. The molecule has 0 aliphatic rings. The molecule has 0 amide bonds. The standard InChI is InChI=1S/C44H28/c1-2-14-29(15-3-1)32-18-6-7-20-34(32)38-25-12-17-31-28-30-16-4-5-19-33(30)44(42(31)38)41-27-13-26-40-37-22-9-8-21-35(37)36-23-10-11-24-39(36)43(40)41/h1-28H/i4D,5D,12D,16D,17D,19D,25D,28D. The Hall–Kier alpha value is -5.72. The van der Waals surface area contributed by atoms with Gasteiger partial charge in [-0.25, -0.2) is 0 Å². The molecular weight excluding hydrogens is 528 g/mol. The molecule has 0 N–H and O–H groups in total. The third kappa shape index (κ3) is 3.71. The van der Waals surface area contributed by atoms with Gasteiger partial charge in [0.05, 0.1) is 11.0 Å². The molecule has 0 heterocycles. The summed E-state index contributed by atoms with van der Waals surface area (Å²) in [7, 11) is 0. The lowest BCUT2D eigenvalue weighted by molar-refractivity contribution is 1.60. The van der Waals surface area contributed by atoms with Crippen LogP contribution >= 0.6 is 0 Å². The Morgan fingerprint density at radius 1 is 0.341 bits per heavy atom. The molecule has 204 valence electrons. The smallest absolute Gasteiger partial charge is 0.0622 e. The van der Waals surface area contributed by atoms with E-state index in [1.54, 1.807) is 0 Å². The molecule has 0 saturated heterocycles. The Balaban J connectivity index is 1.63. The van der Waals surface area contributed by atoms with Crippen LogP contribution in [-0.4, -0.2) is 0 Å². The Kier molecular flexibility index (Phi) is 4.08. The van der Waals surface area contributed by atoms with Crippen LogP contribution in [0, 0.1) is 0 Å². The van der Waals surface area contributed by atoms with E-state index in [0.717, 1.165) is 43.4 Å². The van der Waals surface area contributed by atoms with Crippen LogP contribution in [0.1, 0.15) is 11.0 Å². The summed E-state index contributed by atoms with van der Waals surface area (Å²) in [5, 5.41) is 6.32. The van der Waals surface area contributed by atoms with Gasteiger partial charge >= 0.3 is 0 Å². The van der Waals surface area contributed by atoms with Gasteiger partial charge in [-0.15, -0.1) is 0 Å². The lowest BCUT2D eigenvalue weighted by atomic mass is 9.83. The van der Waals surface area contributed by atoms with Crippen LogP contribution in [0.2, 0.25) is 0 Å². The highest BCUT2D eigenvalue weighted by Gasteiger charge is 2.20. The minimum Gasteiger partial charge on any atom is -0.0622 e. The van der Waals surface area contributed by atoms with E-state index in [-0.39, 0.29) is 52.4 Å². The second-order valence-corrected chi connectivity index (χ2v) is 11.0. The van der Waals surface area contributed by atoms with Crippen LogP contribution in [-0.2, 0) is 0 Å². The lowest BCUT2D eigenvalue weighted by Gasteiger charge is -2.20. The van der Waals surface area contributed by atoms with E-state index in [9.17, 15) is 5.48 Å². The van der Waals surface area contributed by atoms with Crippen LogP contribution in [0.4, 0.5) is 0 Å². The third-order valence-electron chi connectivity index (χ3n) is 8.63. The number of hydrogen-bond acceptors (Lipinski definition) is 0. The van der Waals surface area contributed by atoms with Crippen molar-refractivity contribution in [3.05, 3.63) is 170 Å². The second-order valence-electron chi connectivity index (χ2n) is 11.0. The number of fused-ring (bicyclic) bond motifs is 8. The molecule has 9 aromatic carbocycles. The van der Waals surface area contributed by atoms with Gasteiger partial charge in [-0.1, -0.05) is 164 Å². The quantitative estimate of drug-likeness (QED) is 0.148. The van der Waals surface area contributed by atoms with E-state index < -0.39 is 12.1 Å². The van der Waals surface area contributed by atoms with Gasteiger partial charge in [0, 0.05) is 0 Å². The largest absolute Gasteiger partial charge is 0.0636 e. The summed E-state index contributed by atoms with van der Waals surface area (Å²) >= 11 is 0. The number of benzene rings is 9. The van der Waals surface area contributed by atoms with Crippen LogP contribution in [0.3, 0.4) is 0 Å². The summed E-state index contributed by atoms with van der Waals surface area (Å²) in [6.07, 6.45) is 0. The van der Waals surface area contributed by atoms with Crippen LogP contribution < -0.4 is 0 Å². The first-order valence-electron chi connectivity index (χ1n) is 18.6. The van der Waals surface area contributed by atoms with Crippen molar-refractivity contribution in [2.75, 3.05) is 0 Å². The van der Waals surface area contributed by atoms with Gasteiger partial charge in [0.1, 0.15) is 0 Å². The Morgan fingerprint density at radius 3 is 1.68 bits per heavy atom. The van der Waals surface area contributed by atoms with Crippen molar-refractivity contribution < 1.29 is 11.0 Å². The molecule has 0 aliphatic carbocycles. The van der Waals surface area contributed by atoms with E-state index in [2.05, 4.69) is 18.2 Å². The maximum absolute atomic E-state index is 9.57. The maximum Gasteiger partial charge on any atom is 0.0636 e. The molecule has 9 aromatic rings.